The molecule has 1 amide bonds. The Bertz CT molecular complexity index is 1110. The van der Waals surface area contributed by atoms with Gasteiger partial charge in [-0.3, -0.25) is 9.59 Å². The summed E-state index contributed by atoms with van der Waals surface area (Å²) in [7, 11) is -3.12. The number of unbranched alkanes of at least 4 members (excludes halogenated alkanes) is 2. The first-order valence-electron chi connectivity index (χ1n) is 9.97. The molecule has 0 radical (unpaired) electrons. The molecule has 2 heterocycles. The molecule has 10 heteroatoms. The third-order valence-corrected chi connectivity index (χ3v) is 6.73. The summed E-state index contributed by atoms with van der Waals surface area (Å²) in [4.78, 5) is 37.3. The molecule has 162 valence electrons. The molecule has 1 fully saturated rings. The Balaban J connectivity index is 1.73. The Morgan fingerprint density at radius 2 is 1.97 bits per heavy atom. The monoisotopic (exact) mass is 435 g/mol. The van der Waals surface area contributed by atoms with Crippen molar-refractivity contribution in [2.45, 2.75) is 45.2 Å². The van der Waals surface area contributed by atoms with Crippen molar-refractivity contribution in [3.8, 4) is 0 Å². The number of amides is 1. The smallest absolute Gasteiger partial charge is 0.359 e. The van der Waals surface area contributed by atoms with Gasteiger partial charge in [0.15, 0.2) is 22.1 Å². The molecule has 1 saturated heterocycles. The van der Waals surface area contributed by atoms with Gasteiger partial charge >= 0.3 is 5.97 Å². The molecular formula is C20H25N3O6S. The lowest BCUT2D eigenvalue weighted by Crippen LogP contribution is -2.38. The molecule has 1 unspecified atom stereocenters. The topological polar surface area (TPSA) is 124 Å². The number of nitrogens with zero attached hydrogens (tertiary/aromatic N) is 2. The van der Waals surface area contributed by atoms with Crippen LogP contribution in [0.5, 0.6) is 0 Å². The Labute approximate surface area is 174 Å². The fraction of sp³-hybridized carbons (Fsp3) is 0.500. The van der Waals surface area contributed by atoms with Gasteiger partial charge in [-0.15, -0.1) is 0 Å². The highest BCUT2D eigenvalue weighted by molar-refractivity contribution is 7.91. The third-order valence-electron chi connectivity index (χ3n) is 4.97. The summed E-state index contributed by atoms with van der Waals surface area (Å²) in [5, 5.41) is 7.47. The van der Waals surface area contributed by atoms with Gasteiger partial charge in [-0.05, 0) is 18.9 Å². The minimum absolute atomic E-state index is 0.0297. The van der Waals surface area contributed by atoms with Crippen LogP contribution in [0.15, 0.2) is 29.1 Å². The van der Waals surface area contributed by atoms with Crippen LogP contribution in [-0.4, -0.2) is 54.2 Å². The molecule has 0 saturated carbocycles. The van der Waals surface area contributed by atoms with Crippen LogP contribution in [0.3, 0.4) is 0 Å². The van der Waals surface area contributed by atoms with Crippen molar-refractivity contribution in [3.63, 3.8) is 0 Å². The van der Waals surface area contributed by atoms with Crippen molar-refractivity contribution in [3.05, 3.63) is 40.3 Å². The summed E-state index contributed by atoms with van der Waals surface area (Å²) >= 11 is 0. The maximum Gasteiger partial charge on any atom is 0.359 e. The predicted octanol–water partition coefficient (Wildman–Crippen LogP) is 1.05. The first kappa shape index (κ1) is 21.9. The number of sulfone groups is 1. The second-order valence-electron chi connectivity index (χ2n) is 7.37. The second-order valence-corrected chi connectivity index (χ2v) is 9.60. The van der Waals surface area contributed by atoms with Gasteiger partial charge in [0.05, 0.1) is 16.9 Å². The Morgan fingerprint density at radius 1 is 1.23 bits per heavy atom. The van der Waals surface area contributed by atoms with E-state index in [0.717, 1.165) is 19.3 Å². The van der Waals surface area contributed by atoms with Crippen LogP contribution >= 0.6 is 0 Å². The number of carbonyl (C=O) groups is 2. The summed E-state index contributed by atoms with van der Waals surface area (Å²) in [6.07, 6.45) is 3.01. The maximum absolute atomic E-state index is 12.6. The van der Waals surface area contributed by atoms with Crippen molar-refractivity contribution in [1.82, 2.24) is 15.1 Å². The van der Waals surface area contributed by atoms with Crippen molar-refractivity contribution in [2.24, 2.45) is 0 Å². The van der Waals surface area contributed by atoms with Crippen molar-refractivity contribution in [1.29, 1.82) is 0 Å². The largest absolute Gasteiger partial charge is 0.451 e. The Hall–Kier alpha value is -2.75. The van der Waals surface area contributed by atoms with Gasteiger partial charge in [-0.2, -0.15) is 5.10 Å². The highest BCUT2D eigenvalue weighted by atomic mass is 32.2. The van der Waals surface area contributed by atoms with E-state index in [1.807, 2.05) is 6.92 Å². The summed E-state index contributed by atoms with van der Waals surface area (Å²) in [5.41, 5.74) is -0.309. The first-order chi connectivity index (χ1) is 14.3. The molecular weight excluding hydrogens is 410 g/mol. The number of hydrogen-bond acceptors (Lipinski definition) is 7. The molecule has 9 nitrogen and oxygen atoms in total. The molecule has 1 aromatic heterocycles. The average molecular weight is 436 g/mol. The molecule has 0 spiro atoms. The van der Waals surface area contributed by atoms with E-state index in [9.17, 15) is 22.8 Å². The van der Waals surface area contributed by atoms with Gasteiger partial charge in [-0.1, -0.05) is 38.0 Å². The number of aromatic nitrogens is 2. The number of carbonyl (C=O) groups excluding carboxylic acids is 2. The quantitative estimate of drug-likeness (QED) is 0.485. The minimum Gasteiger partial charge on any atom is -0.451 e. The summed E-state index contributed by atoms with van der Waals surface area (Å²) < 4.78 is 29.3. The van der Waals surface area contributed by atoms with Gasteiger partial charge in [0.2, 0.25) is 0 Å². The number of hydrogen-bond donors (Lipinski definition) is 1. The van der Waals surface area contributed by atoms with Crippen molar-refractivity contribution in [2.75, 3.05) is 18.1 Å². The Kier molecular flexibility index (Phi) is 6.86. The van der Waals surface area contributed by atoms with E-state index in [0.29, 0.717) is 23.7 Å². The average Bonchev–Trinajstić information content (AvgIpc) is 3.06. The van der Waals surface area contributed by atoms with E-state index in [1.165, 1.54) is 4.68 Å². The molecule has 30 heavy (non-hydrogen) atoms. The molecule has 3 rings (SSSR count). The molecule has 1 atom stereocenters. The first-order valence-corrected chi connectivity index (χ1v) is 11.8. The zero-order valence-corrected chi connectivity index (χ0v) is 17.6. The van der Waals surface area contributed by atoms with Crippen molar-refractivity contribution >= 4 is 32.5 Å². The normalized spacial score (nSPS) is 17.7. The second kappa shape index (κ2) is 9.38. The number of nitrogens with one attached hydrogen (secondary N) is 1. The lowest BCUT2D eigenvalue weighted by Gasteiger charge is -2.12. The molecule has 1 aromatic carbocycles. The third kappa shape index (κ3) is 5.24. The van der Waals surface area contributed by atoms with E-state index in [1.54, 1.807) is 24.3 Å². The highest BCUT2D eigenvalue weighted by Gasteiger charge is 2.29. The maximum atomic E-state index is 12.6. The molecule has 1 N–H and O–H groups in total. The number of rotatable bonds is 8. The fourth-order valence-corrected chi connectivity index (χ4v) is 5.10. The van der Waals surface area contributed by atoms with Gasteiger partial charge in [0.25, 0.3) is 11.5 Å². The number of aryl methyl sites for hydroxylation is 1. The van der Waals surface area contributed by atoms with E-state index < -0.39 is 34.4 Å². The zero-order chi connectivity index (χ0) is 21.7. The van der Waals surface area contributed by atoms with Gasteiger partial charge in [0, 0.05) is 18.0 Å². The standard InChI is InChI=1S/C20H25N3O6S/c1-2-3-6-10-23-19(25)16-8-5-4-7-15(16)18(22-23)20(26)29-12-17(24)21-14-9-11-30(27,28)13-14/h4-5,7-8,14H,2-3,6,9-13H2,1H3,(H,21,24). The summed E-state index contributed by atoms with van der Waals surface area (Å²) in [6.45, 7) is 1.88. The van der Waals surface area contributed by atoms with E-state index in [4.69, 9.17) is 4.74 Å². The lowest BCUT2D eigenvalue weighted by molar-refractivity contribution is -0.124. The fourth-order valence-electron chi connectivity index (χ4n) is 3.43. The van der Waals surface area contributed by atoms with Crippen LogP contribution < -0.4 is 10.9 Å². The van der Waals surface area contributed by atoms with Crippen LogP contribution in [0.4, 0.5) is 0 Å². The molecule has 1 aliphatic rings. The predicted molar refractivity (Wildman–Crippen MR) is 111 cm³/mol. The van der Waals surface area contributed by atoms with Crippen molar-refractivity contribution < 1.29 is 22.7 Å². The van der Waals surface area contributed by atoms with Crippen LogP contribution in [0.25, 0.3) is 10.8 Å². The van der Waals surface area contributed by atoms with Gasteiger partial charge < -0.3 is 10.1 Å². The molecule has 2 aromatic rings. The lowest BCUT2D eigenvalue weighted by atomic mass is 10.1. The zero-order valence-electron chi connectivity index (χ0n) is 16.8. The van der Waals surface area contributed by atoms with Crippen LogP contribution in [0, 0.1) is 0 Å². The summed E-state index contributed by atoms with van der Waals surface area (Å²) in [6, 6.07) is 6.16. The van der Waals surface area contributed by atoms with Crippen LogP contribution in [0.2, 0.25) is 0 Å². The number of ether oxygens (including phenoxy) is 1. The van der Waals surface area contributed by atoms with Gasteiger partial charge in [0.1, 0.15) is 0 Å². The van der Waals surface area contributed by atoms with Crippen LogP contribution in [-0.2, 0) is 25.9 Å². The van der Waals surface area contributed by atoms with Gasteiger partial charge in [-0.25, -0.2) is 17.9 Å². The number of fused-ring (bicyclic) bond motifs is 1. The van der Waals surface area contributed by atoms with E-state index >= 15 is 0 Å². The highest BCUT2D eigenvalue weighted by Crippen LogP contribution is 2.15. The van der Waals surface area contributed by atoms with E-state index in [-0.39, 0.29) is 22.8 Å². The minimum atomic E-state index is -3.12. The summed E-state index contributed by atoms with van der Waals surface area (Å²) in [5.74, 6) is -1.47. The molecule has 0 aliphatic carbocycles. The van der Waals surface area contributed by atoms with E-state index in [2.05, 4.69) is 10.4 Å². The number of benzene rings is 1. The molecule has 1 aliphatic heterocycles. The number of esters is 1. The van der Waals surface area contributed by atoms with Crippen LogP contribution in [0.1, 0.15) is 43.1 Å². The Morgan fingerprint density at radius 3 is 2.63 bits per heavy atom. The molecule has 0 bridgehead atoms. The SMILES string of the molecule is CCCCCn1nc(C(=O)OCC(=O)NC2CCS(=O)(=O)C2)c2ccccc2c1=O.